The van der Waals surface area contributed by atoms with Crippen LogP contribution in [-0.2, 0) is 6.54 Å². The molecular formula is C13H13N3O3S. The van der Waals surface area contributed by atoms with Crippen molar-refractivity contribution in [2.75, 3.05) is 5.32 Å². The molecule has 2 rings (SSSR count). The number of benzene rings is 1. The van der Waals surface area contributed by atoms with Crippen LogP contribution >= 0.6 is 11.3 Å². The highest BCUT2D eigenvalue weighted by molar-refractivity contribution is 7.11. The molecule has 6 nitrogen and oxygen atoms in total. The van der Waals surface area contributed by atoms with E-state index >= 15 is 0 Å². The highest BCUT2D eigenvalue weighted by Crippen LogP contribution is 2.26. The lowest BCUT2D eigenvalue weighted by Crippen LogP contribution is -2.03. The Balaban J connectivity index is 2.22. The predicted molar refractivity (Wildman–Crippen MR) is 77.3 cm³/mol. The normalized spacial score (nSPS) is 10.3. The summed E-state index contributed by atoms with van der Waals surface area (Å²) in [5.41, 5.74) is 0.626. The number of nitrogens with zero attached hydrogens (tertiary/aromatic N) is 2. The Labute approximate surface area is 119 Å². The van der Waals surface area contributed by atoms with Crippen molar-refractivity contribution in [2.24, 2.45) is 0 Å². The number of hydrogen-bond acceptors (Lipinski definition) is 6. The second-order valence-corrected chi connectivity index (χ2v) is 5.56. The second kappa shape index (κ2) is 5.79. The van der Waals surface area contributed by atoms with Gasteiger partial charge in [-0.25, -0.2) is 4.98 Å². The van der Waals surface area contributed by atoms with E-state index in [0.29, 0.717) is 17.8 Å². The summed E-state index contributed by atoms with van der Waals surface area (Å²) in [6.07, 6.45) is 1.74. The molecular weight excluding hydrogens is 278 g/mol. The molecule has 0 amide bonds. The number of hydrogen-bond donors (Lipinski definition) is 1. The van der Waals surface area contributed by atoms with Gasteiger partial charge in [-0.15, -0.1) is 11.3 Å². The number of nitro groups is 1. The fourth-order valence-electron chi connectivity index (χ4n) is 1.72. The molecule has 1 N–H and O–H groups in total. The standard InChI is InChI=1S/C13H13N3O3S/c1-8(17)10-3-4-12(13(5-10)16(18)19)15-7-11-6-14-9(2)20-11/h3-6,15H,7H2,1-2H3. The third-order valence-corrected chi connectivity index (χ3v) is 3.64. The van der Waals surface area contributed by atoms with Crippen LogP contribution in [0.15, 0.2) is 24.4 Å². The largest absolute Gasteiger partial charge is 0.375 e. The zero-order valence-corrected chi connectivity index (χ0v) is 11.9. The fourth-order valence-corrected chi connectivity index (χ4v) is 2.46. The summed E-state index contributed by atoms with van der Waals surface area (Å²) in [5, 5.41) is 15.0. The summed E-state index contributed by atoms with van der Waals surface area (Å²) in [4.78, 5) is 26.9. The van der Waals surface area contributed by atoms with Gasteiger partial charge in [0.2, 0.25) is 0 Å². The zero-order valence-electron chi connectivity index (χ0n) is 11.0. The molecule has 20 heavy (non-hydrogen) atoms. The average molecular weight is 291 g/mol. The fraction of sp³-hybridized carbons (Fsp3) is 0.231. The Hall–Kier alpha value is -2.28. The van der Waals surface area contributed by atoms with Crippen LogP contribution in [0.3, 0.4) is 0 Å². The van der Waals surface area contributed by atoms with Crippen LogP contribution in [0.1, 0.15) is 27.2 Å². The van der Waals surface area contributed by atoms with E-state index in [2.05, 4.69) is 10.3 Å². The molecule has 1 aromatic heterocycles. The molecule has 0 saturated heterocycles. The van der Waals surface area contributed by atoms with Crippen molar-refractivity contribution < 1.29 is 9.72 Å². The third-order valence-electron chi connectivity index (χ3n) is 2.72. The molecule has 0 radical (unpaired) electrons. The maximum Gasteiger partial charge on any atom is 0.293 e. The molecule has 0 aliphatic rings. The number of aromatic nitrogens is 1. The minimum atomic E-state index is -0.493. The molecule has 7 heteroatoms. The Morgan fingerprint density at radius 2 is 2.25 bits per heavy atom. The zero-order chi connectivity index (χ0) is 14.7. The van der Waals surface area contributed by atoms with Crippen molar-refractivity contribution in [3.63, 3.8) is 0 Å². The molecule has 1 aromatic carbocycles. The summed E-state index contributed by atoms with van der Waals surface area (Å²) >= 11 is 1.53. The first-order chi connectivity index (χ1) is 9.47. The van der Waals surface area contributed by atoms with Crippen LogP contribution in [0, 0.1) is 17.0 Å². The van der Waals surface area contributed by atoms with Crippen LogP contribution in [0.5, 0.6) is 0 Å². The van der Waals surface area contributed by atoms with E-state index in [1.54, 1.807) is 18.3 Å². The molecule has 0 aliphatic heterocycles. The number of Topliss-reactive ketones (excluding diaryl/α,β-unsaturated/α-hetero) is 1. The molecule has 2 aromatic rings. The van der Waals surface area contributed by atoms with Crippen LogP contribution in [-0.4, -0.2) is 15.7 Å². The van der Waals surface area contributed by atoms with Gasteiger partial charge >= 0.3 is 0 Å². The first kappa shape index (κ1) is 14.1. The van der Waals surface area contributed by atoms with Crippen LogP contribution in [0.25, 0.3) is 0 Å². The van der Waals surface area contributed by atoms with Gasteiger partial charge in [0.25, 0.3) is 5.69 Å². The Morgan fingerprint density at radius 3 is 2.80 bits per heavy atom. The van der Waals surface area contributed by atoms with Gasteiger partial charge in [0.05, 0.1) is 16.5 Å². The van der Waals surface area contributed by atoms with Gasteiger partial charge in [-0.1, -0.05) is 0 Å². The van der Waals surface area contributed by atoms with Crippen molar-refractivity contribution >= 4 is 28.5 Å². The number of nitro benzene ring substituents is 1. The van der Waals surface area contributed by atoms with Gasteiger partial charge in [-0.3, -0.25) is 14.9 Å². The van der Waals surface area contributed by atoms with Gasteiger partial charge in [0.1, 0.15) is 5.69 Å². The van der Waals surface area contributed by atoms with Gasteiger partial charge in [-0.05, 0) is 26.0 Å². The first-order valence-electron chi connectivity index (χ1n) is 5.92. The van der Waals surface area contributed by atoms with Crippen LogP contribution in [0.2, 0.25) is 0 Å². The minimum absolute atomic E-state index is 0.0982. The molecule has 0 atom stereocenters. The second-order valence-electron chi connectivity index (χ2n) is 4.24. The van der Waals surface area contributed by atoms with E-state index in [4.69, 9.17) is 0 Å². The quantitative estimate of drug-likeness (QED) is 0.519. The number of nitrogens with one attached hydrogen (secondary N) is 1. The lowest BCUT2D eigenvalue weighted by Gasteiger charge is -2.06. The van der Waals surface area contributed by atoms with E-state index in [-0.39, 0.29) is 11.5 Å². The summed E-state index contributed by atoms with van der Waals surface area (Å²) in [6.45, 7) is 3.75. The van der Waals surface area contributed by atoms with E-state index < -0.39 is 4.92 Å². The first-order valence-corrected chi connectivity index (χ1v) is 6.73. The molecule has 1 heterocycles. The molecule has 0 aliphatic carbocycles. The minimum Gasteiger partial charge on any atom is -0.375 e. The third kappa shape index (κ3) is 3.18. The Morgan fingerprint density at radius 1 is 1.50 bits per heavy atom. The van der Waals surface area contributed by atoms with Crippen molar-refractivity contribution in [3.05, 3.63) is 50.0 Å². The van der Waals surface area contributed by atoms with Crippen LogP contribution in [0.4, 0.5) is 11.4 Å². The average Bonchev–Trinajstić information content (AvgIpc) is 2.81. The monoisotopic (exact) mass is 291 g/mol. The summed E-state index contributed by atoms with van der Waals surface area (Å²) in [6, 6.07) is 4.43. The maximum atomic E-state index is 11.3. The highest BCUT2D eigenvalue weighted by Gasteiger charge is 2.16. The number of thiazole rings is 1. The summed E-state index contributed by atoms with van der Waals surface area (Å²) in [5.74, 6) is -0.197. The Bertz CT molecular complexity index is 667. The van der Waals surface area contributed by atoms with E-state index in [9.17, 15) is 14.9 Å². The van der Waals surface area contributed by atoms with Gasteiger partial charge in [-0.2, -0.15) is 0 Å². The van der Waals surface area contributed by atoms with E-state index in [1.165, 1.54) is 24.3 Å². The topological polar surface area (TPSA) is 85.1 Å². The maximum absolute atomic E-state index is 11.3. The van der Waals surface area contributed by atoms with Crippen LogP contribution < -0.4 is 5.32 Å². The summed E-state index contributed by atoms with van der Waals surface area (Å²) < 4.78 is 0. The van der Waals surface area contributed by atoms with Crippen molar-refractivity contribution in [1.82, 2.24) is 4.98 Å². The smallest absolute Gasteiger partial charge is 0.293 e. The number of carbonyl (C=O) groups excluding carboxylic acids is 1. The molecule has 0 bridgehead atoms. The SMILES string of the molecule is CC(=O)c1ccc(NCc2cnc(C)s2)c([N+](=O)[O-])c1. The van der Waals surface area contributed by atoms with Gasteiger partial charge in [0, 0.05) is 22.7 Å². The van der Waals surface area contributed by atoms with Gasteiger partial charge < -0.3 is 5.32 Å². The number of rotatable bonds is 5. The van der Waals surface area contributed by atoms with E-state index in [0.717, 1.165) is 9.88 Å². The van der Waals surface area contributed by atoms with Crippen molar-refractivity contribution in [3.8, 4) is 0 Å². The molecule has 104 valence electrons. The van der Waals surface area contributed by atoms with Crippen molar-refractivity contribution in [2.45, 2.75) is 20.4 Å². The molecule has 0 saturated carbocycles. The lowest BCUT2D eigenvalue weighted by molar-refractivity contribution is -0.384. The number of ketones is 1. The number of carbonyl (C=O) groups is 1. The molecule has 0 unspecified atom stereocenters. The van der Waals surface area contributed by atoms with Gasteiger partial charge in [0.15, 0.2) is 5.78 Å². The summed E-state index contributed by atoms with van der Waals surface area (Å²) in [7, 11) is 0. The van der Waals surface area contributed by atoms with Crippen molar-refractivity contribution in [1.29, 1.82) is 0 Å². The highest BCUT2D eigenvalue weighted by atomic mass is 32.1. The lowest BCUT2D eigenvalue weighted by atomic mass is 10.1. The molecule has 0 spiro atoms. The predicted octanol–water partition coefficient (Wildman–Crippen LogP) is 3.17. The number of aryl methyl sites for hydroxylation is 1. The number of anilines is 1. The van der Waals surface area contributed by atoms with E-state index in [1.807, 2.05) is 6.92 Å². The molecule has 0 fully saturated rings. The Kier molecular flexibility index (Phi) is 4.09.